The van der Waals surface area contributed by atoms with Gasteiger partial charge in [0.1, 0.15) is 0 Å². The molecule has 0 unspecified atom stereocenters. The minimum Gasteiger partial charge on any atom is -0.355 e. The summed E-state index contributed by atoms with van der Waals surface area (Å²) in [4.78, 5) is 23.3. The molecule has 0 aliphatic rings. The van der Waals surface area contributed by atoms with Crippen LogP contribution in [0.1, 0.15) is 27.2 Å². The molecular weight excluding hydrogens is 355 g/mol. The van der Waals surface area contributed by atoms with Gasteiger partial charge in [-0.3, -0.25) is 9.59 Å². The molecule has 0 bridgehead atoms. The Morgan fingerprint density at radius 1 is 1.21 bits per heavy atom. The largest absolute Gasteiger partial charge is 0.355 e. The number of carbonyl (C=O) groups excluding carboxylic acids is 2. The normalized spacial score (nSPS) is 10.9. The molecule has 1 aromatic rings. The molecular formula is C14H19IN2O2. The monoisotopic (exact) mass is 374 g/mol. The summed E-state index contributed by atoms with van der Waals surface area (Å²) in [5.74, 6) is -0.145. The maximum atomic E-state index is 11.7. The van der Waals surface area contributed by atoms with E-state index >= 15 is 0 Å². The summed E-state index contributed by atoms with van der Waals surface area (Å²) in [6, 6.07) is 7.57. The van der Waals surface area contributed by atoms with Gasteiger partial charge in [-0.15, -0.1) is 0 Å². The van der Waals surface area contributed by atoms with Gasteiger partial charge in [0, 0.05) is 22.0 Å². The molecule has 2 amide bonds. The van der Waals surface area contributed by atoms with Crippen molar-refractivity contribution in [3.05, 3.63) is 27.8 Å². The highest BCUT2D eigenvalue weighted by Crippen LogP contribution is 2.17. The third-order valence-electron chi connectivity index (χ3n) is 2.47. The molecule has 0 aliphatic carbocycles. The minimum absolute atomic E-state index is 0.0467. The molecule has 104 valence electrons. The zero-order valence-corrected chi connectivity index (χ0v) is 13.6. The lowest BCUT2D eigenvalue weighted by Crippen LogP contribution is -2.36. The number of benzene rings is 1. The van der Waals surface area contributed by atoms with Crippen LogP contribution in [0.3, 0.4) is 0 Å². The van der Waals surface area contributed by atoms with Gasteiger partial charge in [0.15, 0.2) is 0 Å². The maximum absolute atomic E-state index is 11.7. The molecule has 0 atom stereocenters. The van der Waals surface area contributed by atoms with Crippen molar-refractivity contribution < 1.29 is 9.59 Å². The number of nitrogens with one attached hydrogen (secondary N) is 2. The highest BCUT2D eigenvalue weighted by molar-refractivity contribution is 14.1. The number of halogens is 1. The highest BCUT2D eigenvalue weighted by Gasteiger charge is 2.20. The quantitative estimate of drug-likeness (QED) is 0.797. The second kappa shape index (κ2) is 6.88. The van der Waals surface area contributed by atoms with Crippen LogP contribution in [0, 0.1) is 8.99 Å². The first-order chi connectivity index (χ1) is 8.80. The fourth-order valence-corrected chi connectivity index (χ4v) is 1.85. The lowest BCUT2D eigenvalue weighted by Gasteiger charge is -2.17. The maximum Gasteiger partial charge on any atom is 0.226 e. The van der Waals surface area contributed by atoms with Crippen LogP contribution in [-0.4, -0.2) is 18.4 Å². The van der Waals surface area contributed by atoms with Gasteiger partial charge >= 0.3 is 0 Å². The highest BCUT2D eigenvalue weighted by atomic mass is 127. The van der Waals surface area contributed by atoms with E-state index in [0.29, 0.717) is 6.54 Å². The fraction of sp³-hybridized carbons (Fsp3) is 0.429. The van der Waals surface area contributed by atoms with Crippen molar-refractivity contribution in [2.75, 3.05) is 11.9 Å². The van der Waals surface area contributed by atoms with Crippen molar-refractivity contribution in [1.82, 2.24) is 5.32 Å². The second-order valence-corrected chi connectivity index (χ2v) is 6.45. The van der Waals surface area contributed by atoms with E-state index in [-0.39, 0.29) is 18.2 Å². The second-order valence-electron chi connectivity index (χ2n) is 5.28. The Morgan fingerprint density at radius 3 is 2.42 bits per heavy atom. The van der Waals surface area contributed by atoms with Gasteiger partial charge in [0.05, 0.1) is 5.69 Å². The Hall–Kier alpha value is -1.11. The standard InChI is InChI=1S/C14H19IN2O2/c1-14(2,3)13(19)16-9-8-12(18)17-11-7-5-4-6-10(11)15/h4-7H,8-9H2,1-3H3,(H,16,19)(H,17,18). The summed E-state index contributed by atoms with van der Waals surface area (Å²) in [6.45, 7) is 5.88. The third-order valence-corrected chi connectivity index (χ3v) is 3.41. The Bertz CT molecular complexity index is 467. The van der Waals surface area contributed by atoms with Crippen LogP contribution in [0.15, 0.2) is 24.3 Å². The average Bonchev–Trinajstić information content (AvgIpc) is 2.31. The van der Waals surface area contributed by atoms with Crippen molar-refractivity contribution in [2.45, 2.75) is 27.2 Å². The first-order valence-corrected chi connectivity index (χ1v) is 7.21. The number of anilines is 1. The van der Waals surface area contributed by atoms with Crippen molar-refractivity contribution >= 4 is 40.1 Å². The SMILES string of the molecule is CC(C)(C)C(=O)NCCC(=O)Nc1ccccc1I. The fourth-order valence-electron chi connectivity index (χ4n) is 1.33. The zero-order valence-electron chi connectivity index (χ0n) is 11.4. The van der Waals surface area contributed by atoms with E-state index in [1.54, 1.807) is 0 Å². The molecule has 0 fully saturated rings. The van der Waals surface area contributed by atoms with Crippen LogP contribution in [0.25, 0.3) is 0 Å². The minimum atomic E-state index is -0.425. The summed E-state index contributed by atoms with van der Waals surface area (Å²) < 4.78 is 0.993. The van der Waals surface area contributed by atoms with Gasteiger partial charge in [-0.2, -0.15) is 0 Å². The van der Waals surface area contributed by atoms with E-state index in [0.717, 1.165) is 9.26 Å². The number of hydrogen-bond donors (Lipinski definition) is 2. The van der Waals surface area contributed by atoms with Crippen LogP contribution in [0.5, 0.6) is 0 Å². The van der Waals surface area contributed by atoms with Crippen LogP contribution in [-0.2, 0) is 9.59 Å². The molecule has 19 heavy (non-hydrogen) atoms. The molecule has 1 rings (SSSR count). The molecule has 1 aromatic carbocycles. The molecule has 0 aromatic heterocycles. The molecule has 0 spiro atoms. The first kappa shape index (κ1) is 15.9. The molecule has 0 heterocycles. The third kappa shape index (κ3) is 5.59. The van der Waals surface area contributed by atoms with Crippen molar-refractivity contribution in [1.29, 1.82) is 0 Å². The number of carbonyl (C=O) groups is 2. The lowest BCUT2D eigenvalue weighted by molar-refractivity contribution is -0.128. The van der Waals surface area contributed by atoms with Crippen LogP contribution in [0.2, 0.25) is 0 Å². The lowest BCUT2D eigenvalue weighted by atomic mass is 9.96. The van der Waals surface area contributed by atoms with Crippen LogP contribution >= 0.6 is 22.6 Å². The van der Waals surface area contributed by atoms with Gasteiger partial charge in [0.25, 0.3) is 0 Å². The molecule has 5 heteroatoms. The van der Waals surface area contributed by atoms with E-state index in [2.05, 4.69) is 33.2 Å². The molecule has 4 nitrogen and oxygen atoms in total. The van der Waals surface area contributed by atoms with E-state index in [9.17, 15) is 9.59 Å². The Labute approximate surface area is 127 Å². The van der Waals surface area contributed by atoms with E-state index in [4.69, 9.17) is 0 Å². The molecule has 2 N–H and O–H groups in total. The smallest absolute Gasteiger partial charge is 0.226 e. The van der Waals surface area contributed by atoms with E-state index in [1.807, 2.05) is 45.0 Å². The van der Waals surface area contributed by atoms with Crippen LogP contribution in [0.4, 0.5) is 5.69 Å². The van der Waals surface area contributed by atoms with Crippen molar-refractivity contribution in [2.24, 2.45) is 5.41 Å². The van der Waals surface area contributed by atoms with Gasteiger partial charge in [0.2, 0.25) is 11.8 Å². The van der Waals surface area contributed by atoms with E-state index < -0.39 is 5.41 Å². The summed E-state index contributed by atoms with van der Waals surface area (Å²) in [6.07, 6.45) is 0.271. The number of amides is 2. The van der Waals surface area contributed by atoms with Gasteiger partial charge in [-0.05, 0) is 34.7 Å². The molecule has 0 saturated carbocycles. The summed E-state index contributed by atoms with van der Waals surface area (Å²) in [5.41, 5.74) is 0.376. The zero-order chi connectivity index (χ0) is 14.5. The van der Waals surface area contributed by atoms with Crippen LogP contribution < -0.4 is 10.6 Å². The summed E-state index contributed by atoms with van der Waals surface area (Å²) in [5, 5.41) is 5.58. The summed E-state index contributed by atoms with van der Waals surface area (Å²) in [7, 11) is 0. The predicted octanol–water partition coefficient (Wildman–Crippen LogP) is 2.78. The molecule has 0 aliphatic heterocycles. The van der Waals surface area contributed by atoms with Crippen molar-refractivity contribution in [3.63, 3.8) is 0 Å². The Balaban J connectivity index is 2.37. The van der Waals surface area contributed by atoms with E-state index in [1.165, 1.54) is 0 Å². The Kier molecular flexibility index (Phi) is 5.78. The molecule has 0 radical (unpaired) electrons. The number of para-hydroxylation sites is 1. The first-order valence-electron chi connectivity index (χ1n) is 6.13. The number of rotatable bonds is 4. The molecule has 0 saturated heterocycles. The van der Waals surface area contributed by atoms with Gasteiger partial charge in [-0.1, -0.05) is 32.9 Å². The van der Waals surface area contributed by atoms with Crippen molar-refractivity contribution in [3.8, 4) is 0 Å². The topological polar surface area (TPSA) is 58.2 Å². The number of hydrogen-bond acceptors (Lipinski definition) is 2. The Morgan fingerprint density at radius 2 is 1.84 bits per heavy atom. The van der Waals surface area contributed by atoms with Gasteiger partial charge in [-0.25, -0.2) is 0 Å². The predicted molar refractivity (Wildman–Crippen MR) is 84.9 cm³/mol. The summed E-state index contributed by atoms with van der Waals surface area (Å²) >= 11 is 2.17. The average molecular weight is 374 g/mol. The van der Waals surface area contributed by atoms with Gasteiger partial charge < -0.3 is 10.6 Å².